The maximum absolute atomic E-state index is 13.0. The number of rotatable bonds is 2. The fraction of sp³-hybridized carbons (Fsp3) is 0.125. The van der Waals surface area contributed by atoms with E-state index in [0.717, 1.165) is 11.8 Å². The molecule has 14 heavy (non-hydrogen) atoms. The zero-order chi connectivity index (χ0) is 10.6. The highest BCUT2D eigenvalue weighted by Gasteiger charge is 2.08. The quantitative estimate of drug-likeness (QED) is 0.340. The van der Waals surface area contributed by atoms with E-state index in [4.69, 9.17) is 11.6 Å². The van der Waals surface area contributed by atoms with Gasteiger partial charge in [0.25, 0.3) is 0 Å². The maximum Gasteiger partial charge on any atom is 0.177 e. The van der Waals surface area contributed by atoms with Gasteiger partial charge >= 0.3 is 0 Å². The molecule has 76 valence electrons. The van der Waals surface area contributed by atoms with Crippen LogP contribution in [0.1, 0.15) is 5.56 Å². The Hall–Kier alpha value is -1.30. The van der Waals surface area contributed by atoms with E-state index in [1.165, 1.54) is 18.2 Å². The molecule has 0 spiro atoms. The van der Waals surface area contributed by atoms with E-state index in [2.05, 4.69) is 5.10 Å². The van der Waals surface area contributed by atoms with Gasteiger partial charge in [-0.3, -0.25) is 0 Å². The van der Waals surface area contributed by atoms with E-state index >= 15 is 0 Å². The Labute approximate surface area is 84.2 Å². The van der Waals surface area contributed by atoms with Crippen molar-refractivity contribution in [3.05, 3.63) is 35.4 Å². The average Bonchev–Trinajstić information content (AvgIpc) is 2.16. The van der Waals surface area contributed by atoms with Crippen LogP contribution in [0.15, 0.2) is 23.3 Å². The van der Waals surface area contributed by atoms with Gasteiger partial charge in [-0.05, 0) is 12.1 Å². The fourth-order valence-electron chi connectivity index (χ4n) is 0.854. The van der Waals surface area contributed by atoms with Crippen molar-refractivity contribution in [2.75, 3.05) is 0 Å². The molecular formula is C8H9F2N3S. The van der Waals surface area contributed by atoms with E-state index in [1.807, 2.05) is 0 Å². The lowest BCUT2D eigenvalue weighted by Gasteiger charge is -2.03. The summed E-state index contributed by atoms with van der Waals surface area (Å²) in [6, 6.07) is 3.68. The minimum atomic E-state index is -0.595. The minimum Gasteiger partial charge on any atom is -0.377 e. The van der Waals surface area contributed by atoms with Crippen LogP contribution in [0.25, 0.3) is 0 Å². The van der Waals surface area contributed by atoms with Gasteiger partial charge in [-0.25, -0.2) is 8.78 Å². The van der Waals surface area contributed by atoms with Gasteiger partial charge in [0.1, 0.15) is 11.6 Å². The molecule has 0 unspecified atom stereocenters. The lowest BCUT2D eigenvalue weighted by Crippen LogP contribution is -2.10. The van der Waals surface area contributed by atoms with E-state index < -0.39 is 11.6 Å². The van der Waals surface area contributed by atoms with Gasteiger partial charge in [0, 0.05) is 11.3 Å². The summed E-state index contributed by atoms with van der Waals surface area (Å²) in [6.07, 6.45) is 0. The first kappa shape index (κ1) is 10.8. The van der Waals surface area contributed by atoms with Gasteiger partial charge < -0.3 is 11.6 Å². The third-order valence-electron chi connectivity index (χ3n) is 1.55. The summed E-state index contributed by atoms with van der Waals surface area (Å²) in [5.74, 6) is 3.75. The molecule has 1 aromatic rings. The van der Waals surface area contributed by atoms with Gasteiger partial charge in [-0.1, -0.05) is 17.8 Å². The number of nitrogens with zero attached hydrogens (tertiary/aromatic N) is 1. The first-order chi connectivity index (χ1) is 6.65. The molecule has 1 rings (SSSR count). The molecule has 0 heterocycles. The second kappa shape index (κ2) is 4.80. The summed E-state index contributed by atoms with van der Waals surface area (Å²) in [5, 5.41) is 3.27. The summed E-state index contributed by atoms with van der Waals surface area (Å²) in [7, 11) is 0. The summed E-state index contributed by atoms with van der Waals surface area (Å²) in [6.45, 7) is 0. The first-order valence-corrected chi connectivity index (χ1v) is 4.72. The van der Waals surface area contributed by atoms with Crippen LogP contribution in [0.4, 0.5) is 8.78 Å². The molecule has 0 aliphatic carbocycles. The molecule has 1 aromatic carbocycles. The highest BCUT2D eigenvalue weighted by molar-refractivity contribution is 8.13. The first-order valence-electron chi connectivity index (χ1n) is 3.74. The Bertz CT molecular complexity index is 334. The van der Waals surface area contributed by atoms with Crippen molar-refractivity contribution >= 4 is 16.9 Å². The SMILES string of the molecule is N/N=C(/N)SCc1c(F)cccc1F. The van der Waals surface area contributed by atoms with Crippen LogP contribution in [-0.4, -0.2) is 5.17 Å². The predicted octanol–water partition coefficient (Wildman–Crippen LogP) is 1.39. The Balaban J connectivity index is 2.76. The molecule has 0 aliphatic heterocycles. The van der Waals surface area contributed by atoms with Gasteiger partial charge in [0.05, 0.1) is 0 Å². The van der Waals surface area contributed by atoms with Gasteiger partial charge in [-0.15, -0.1) is 0 Å². The number of thioether (sulfide) groups is 1. The van der Waals surface area contributed by atoms with Crippen molar-refractivity contribution in [1.29, 1.82) is 0 Å². The van der Waals surface area contributed by atoms with Crippen molar-refractivity contribution in [3.63, 3.8) is 0 Å². The standard InChI is InChI=1S/C8H9F2N3S/c9-6-2-1-3-7(10)5(6)4-14-8(11)13-12/h1-3H,4,12H2,(H2,11,13). The third kappa shape index (κ3) is 2.59. The average molecular weight is 217 g/mol. The Kier molecular flexibility index (Phi) is 3.70. The Morgan fingerprint density at radius 1 is 1.36 bits per heavy atom. The van der Waals surface area contributed by atoms with Crippen LogP contribution < -0.4 is 11.6 Å². The lowest BCUT2D eigenvalue weighted by atomic mass is 10.2. The molecule has 0 bridgehead atoms. The maximum atomic E-state index is 13.0. The highest BCUT2D eigenvalue weighted by atomic mass is 32.2. The predicted molar refractivity (Wildman–Crippen MR) is 53.5 cm³/mol. The molecule has 0 atom stereocenters. The number of amidine groups is 1. The number of benzene rings is 1. The molecule has 0 saturated carbocycles. The molecule has 0 aliphatic rings. The molecule has 4 N–H and O–H groups in total. The highest BCUT2D eigenvalue weighted by Crippen LogP contribution is 2.18. The van der Waals surface area contributed by atoms with E-state index in [-0.39, 0.29) is 16.5 Å². The van der Waals surface area contributed by atoms with Crippen LogP contribution in [0.2, 0.25) is 0 Å². The topological polar surface area (TPSA) is 64.4 Å². The van der Waals surface area contributed by atoms with Crippen LogP contribution in [-0.2, 0) is 5.75 Å². The lowest BCUT2D eigenvalue weighted by molar-refractivity contribution is 0.566. The number of halogens is 2. The van der Waals surface area contributed by atoms with Crippen LogP contribution in [0, 0.1) is 11.6 Å². The summed E-state index contributed by atoms with van der Waals surface area (Å²) >= 11 is 0.981. The fourth-order valence-corrected chi connectivity index (χ4v) is 1.50. The molecule has 0 fully saturated rings. The van der Waals surface area contributed by atoms with Crippen molar-refractivity contribution in [3.8, 4) is 0 Å². The Morgan fingerprint density at radius 2 is 1.93 bits per heavy atom. The largest absolute Gasteiger partial charge is 0.377 e. The van der Waals surface area contributed by atoms with Gasteiger partial charge in [0.2, 0.25) is 0 Å². The van der Waals surface area contributed by atoms with E-state index in [1.54, 1.807) is 0 Å². The number of hydrazone groups is 1. The normalized spacial score (nSPS) is 11.7. The molecule has 6 heteroatoms. The summed E-state index contributed by atoms with van der Waals surface area (Å²) < 4.78 is 26.1. The molecule has 3 nitrogen and oxygen atoms in total. The van der Waals surface area contributed by atoms with Gasteiger partial charge in [0.15, 0.2) is 5.17 Å². The van der Waals surface area contributed by atoms with Crippen LogP contribution in [0.3, 0.4) is 0 Å². The summed E-state index contributed by atoms with van der Waals surface area (Å²) in [5.41, 5.74) is 5.24. The smallest absolute Gasteiger partial charge is 0.177 e. The monoisotopic (exact) mass is 217 g/mol. The number of hydrogen-bond donors (Lipinski definition) is 2. The summed E-state index contributed by atoms with van der Waals surface area (Å²) in [4.78, 5) is 0. The Morgan fingerprint density at radius 3 is 2.43 bits per heavy atom. The van der Waals surface area contributed by atoms with Crippen molar-refractivity contribution in [1.82, 2.24) is 0 Å². The van der Waals surface area contributed by atoms with E-state index in [9.17, 15) is 8.78 Å². The van der Waals surface area contributed by atoms with Crippen molar-refractivity contribution in [2.24, 2.45) is 16.7 Å². The number of hydrogen-bond acceptors (Lipinski definition) is 3. The second-order valence-corrected chi connectivity index (χ2v) is 3.45. The van der Waals surface area contributed by atoms with Gasteiger partial charge in [-0.2, -0.15) is 5.10 Å². The molecule has 0 radical (unpaired) electrons. The zero-order valence-electron chi connectivity index (χ0n) is 7.21. The van der Waals surface area contributed by atoms with Crippen LogP contribution >= 0.6 is 11.8 Å². The van der Waals surface area contributed by atoms with Crippen molar-refractivity contribution in [2.45, 2.75) is 5.75 Å². The van der Waals surface area contributed by atoms with Crippen molar-refractivity contribution < 1.29 is 8.78 Å². The third-order valence-corrected chi connectivity index (χ3v) is 2.39. The van der Waals surface area contributed by atoms with Crippen LogP contribution in [0.5, 0.6) is 0 Å². The molecule has 0 saturated heterocycles. The second-order valence-electron chi connectivity index (χ2n) is 2.46. The molecular weight excluding hydrogens is 208 g/mol. The molecule has 0 aromatic heterocycles. The molecule has 0 amide bonds. The minimum absolute atomic E-state index is 0.0240. The number of nitrogens with two attached hydrogens (primary N) is 2. The van der Waals surface area contributed by atoms with E-state index in [0.29, 0.717) is 0 Å². The zero-order valence-corrected chi connectivity index (χ0v) is 8.02.